The summed E-state index contributed by atoms with van der Waals surface area (Å²) < 4.78 is 19.7. The van der Waals surface area contributed by atoms with Crippen LogP contribution in [-0.4, -0.2) is 49.1 Å². The number of nitrogens with two attached hydrogens (primary N) is 1. The highest BCUT2D eigenvalue weighted by Crippen LogP contribution is 2.21. The zero-order valence-electron chi connectivity index (χ0n) is 17.3. The summed E-state index contributed by atoms with van der Waals surface area (Å²) in [7, 11) is 1.68. The first-order valence-electron chi connectivity index (χ1n) is 9.65. The first kappa shape index (κ1) is 25.6. The van der Waals surface area contributed by atoms with Crippen LogP contribution in [0.15, 0.2) is 29.3 Å². The van der Waals surface area contributed by atoms with Crippen molar-refractivity contribution in [3.05, 3.63) is 41.3 Å². The number of nitriles is 1. The average molecular weight is 529 g/mol. The molecule has 1 aromatic carbocycles. The lowest BCUT2D eigenvalue weighted by Gasteiger charge is -2.10. The van der Waals surface area contributed by atoms with Crippen LogP contribution in [0.25, 0.3) is 5.69 Å². The Kier molecular flexibility index (Phi) is 11.8. The molecule has 1 heterocycles. The average Bonchev–Trinajstić information content (AvgIpc) is 3.04. The molecule has 2 aromatic rings. The number of aliphatic imine (C=N–C) groups is 1. The second-order valence-corrected chi connectivity index (χ2v) is 6.34. The van der Waals surface area contributed by atoms with Crippen molar-refractivity contribution in [3.63, 3.8) is 0 Å². The molecule has 0 aliphatic rings. The van der Waals surface area contributed by atoms with Gasteiger partial charge >= 0.3 is 0 Å². The summed E-state index contributed by atoms with van der Waals surface area (Å²) >= 11 is 0. The SMILES string of the molecule is CCNC(=NCCCc1nn(-c2ccc(F)cc2)c(N)c1C#N)NCCCOC.I. The fourth-order valence-corrected chi connectivity index (χ4v) is 2.76. The largest absolute Gasteiger partial charge is 0.385 e. The molecule has 30 heavy (non-hydrogen) atoms. The minimum atomic E-state index is -0.342. The van der Waals surface area contributed by atoms with Crippen LogP contribution >= 0.6 is 24.0 Å². The van der Waals surface area contributed by atoms with Gasteiger partial charge in [-0.1, -0.05) is 0 Å². The maximum absolute atomic E-state index is 13.2. The lowest BCUT2D eigenvalue weighted by atomic mass is 10.1. The molecule has 0 saturated heterocycles. The van der Waals surface area contributed by atoms with Crippen LogP contribution in [0.4, 0.5) is 10.2 Å². The number of hydrogen-bond acceptors (Lipinski definition) is 5. The maximum Gasteiger partial charge on any atom is 0.191 e. The molecule has 8 nitrogen and oxygen atoms in total. The Hall–Kier alpha value is -2.39. The van der Waals surface area contributed by atoms with Gasteiger partial charge in [0.15, 0.2) is 5.96 Å². The zero-order valence-corrected chi connectivity index (χ0v) is 19.7. The summed E-state index contributed by atoms with van der Waals surface area (Å²) in [4.78, 5) is 4.54. The van der Waals surface area contributed by atoms with Gasteiger partial charge in [-0.2, -0.15) is 10.4 Å². The van der Waals surface area contributed by atoms with E-state index in [0.717, 1.165) is 25.5 Å². The molecule has 0 aliphatic heterocycles. The van der Waals surface area contributed by atoms with Crippen molar-refractivity contribution >= 4 is 35.8 Å². The Morgan fingerprint density at radius 3 is 2.67 bits per heavy atom. The van der Waals surface area contributed by atoms with Crippen LogP contribution in [0.1, 0.15) is 31.0 Å². The van der Waals surface area contributed by atoms with Gasteiger partial charge in [-0.15, -0.1) is 24.0 Å². The molecule has 0 atom stereocenters. The molecule has 0 unspecified atom stereocenters. The molecule has 0 saturated carbocycles. The third kappa shape index (κ3) is 7.46. The number of aryl methyl sites for hydroxylation is 1. The van der Waals surface area contributed by atoms with Gasteiger partial charge in [0.1, 0.15) is 23.3 Å². The van der Waals surface area contributed by atoms with Crippen molar-refractivity contribution in [2.75, 3.05) is 39.1 Å². The number of aromatic nitrogens is 2. The smallest absolute Gasteiger partial charge is 0.191 e. The van der Waals surface area contributed by atoms with E-state index in [0.29, 0.717) is 42.9 Å². The van der Waals surface area contributed by atoms with Crippen molar-refractivity contribution in [3.8, 4) is 11.8 Å². The van der Waals surface area contributed by atoms with Crippen LogP contribution in [0, 0.1) is 17.1 Å². The van der Waals surface area contributed by atoms with E-state index in [9.17, 15) is 9.65 Å². The number of rotatable bonds is 10. The molecule has 0 bridgehead atoms. The van der Waals surface area contributed by atoms with Gasteiger partial charge in [-0.25, -0.2) is 9.07 Å². The number of nitrogen functional groups attached to an aromatic ring is 1. The molecule has 1 aromatic heterocycles. The minimum absolute atomic E-state index is 0. The molecule has 164 valence electrons. The Morgan fingerprint density at radius 2 is 2.03 bits per heavy atom. The third-order valence-electron chi connectivity index (χ3n) is 4.18. The normalized spacial score (nSPS) is 10.9. The highest BCUT2D eigenvalue weighted by atomic mass is 127. The van der Waals surface area contributed by atoms with Gasteiger partial charge in [0, 0.05) is 33.4 Å². The van der Waals surface area contributed by atoms with Crippen molar-refractivity contribution in [1.82, 2.24) is 20.4 Å². The van der Waals surface area contributed by atoms with Gasteiger partial charge in [0.25, 0.3) is 0 Å². The van der Waals surface area contributed by atoms with E-state index in [2.05, 4.69) is 26.8 Å². The fourth-order valence-electron chi connectivity index (χ4n) is 2.76. The van der Waals surface area contributed by atoms with Crippen molar-refractivity contribution in [2.45, 2.75) is 26.2 Å². The quantitative estimate of drug-likeness (QED) is 0.189. The molecule has 0 fully saturated rings. The van der Waals surface area contributed by atoms with E-state index in [1.54, 1.807) is 19.2 Å². The number of methoxy groups -OCH3 is 1. The van der Waals surface area contributed by atoms with E-state index in [4.69, 9.17) is 10.5 Å². The van der Waals surface area contributed by atoms with Gasteiger partial charge in [0.2, 0.25) is 0 Å². The first-order valence-corrected chi connectivity index (χ1v) is 9.65. The molecular weight excluding hydrogens is 500 g/mol. The van der Waals surface area contributed by atoms with Crippen molar-refractivity contribution < 1.29 is 9.13 Å². The van der Waals surface area contributed by atoms with Crippen LogP contribution in [0.3, 0.4) is 0 Å². The predicted octanol–water partition coefficient (Wildman–Crippen LogP) is 2.61. The molecule has 0 aliphatic carbocycles. The number of halogens is 2. The predicted molar refractivity (Wildman–Crippen MR) is 127 cm³/mol. The van der Waals surface area contributed by atoms with E-state index in [1.807, 2.05) is 6.92 Å². The topological polar surface area (TPSA) is 113 Å². The first-order chi connectivity index (χ1) is 14.1. The third-order valence-corrected chi connectivity index (χ3v) is 4.18. The number of anilines is 1. The molecule has 0 amide bonds. The number of ether oxygens (including phenoxy) is 1. The van der Waals surface area contributed by atoms with E-state index >= 15 is 0 Å². The Bertz CT molecular complexity index is 846. The van der Waals surface area contributed by atoms with Gasteiger partial charge in [-0.05, 0) is 50.5 Å². The number of nitrogens with zero attached hydrogens (tertiary/aromatic N) is 4. The fraction of sp³-hybridized carbons (Fsp3) is 0.450. The van der Waals surface area contributed by atoms with E-state index < -0.39 is 0 Å². The molecule has 4 N–H and O–H groups in total. The van der Waals surface area contributed by atoms with Crippen LogP contribution in [-0.2, 0) is 11.2 Å². The Balaban J connectivity index is 0.00000450. The summed E-state index contributed by atoms with van der Waals surface area (Å²) in [5.74, 6) is 0.664. The molecule has 10 heteroatoms. The monoisotopic (exact) mass is 529 g/mol. The number of hydrogen-bond donors (Lipinski definition) is 3. The summed E-state index contributed by atoms with van der Waals surface area (Å²) in [5, 5.41) is 20.4. The van der Waals surface area contributed by atoms with Crippen LogP contribution in [0.2, 0.25) is 0 Å². The second-order valence-electron chi connectivity index (χ2n) is 6.34. The second kappa shape index (κ2) is 13.8. The molecule has 0 radical (unpaired) electrons. The number of nitrogens with one attached hydrogen (secondary N) is 2. The minimum Gasteiger partial charge on any atom is -0.385 e. The lowest BCUT2D eigenvalue weighted by Crippen LogP contribution is -2.38. The summed E-state index contributed by atoms with van der Waals surface area (Å²) in [6.45, 7) is 4.83. The van der Waals surface area contributed by atoms with Crippen LogP contribution in [0.5, 0.6) is 0 Å². The highest BCUT2D eigenvalue weighted by molar-refractivity contribution is 14.0. The highest BCUT2D eigenvalue weighted by Gasteiger charge is 2.16. The Morgan fingerprint density at radius 1 is 1.30 bits per heavy atom. The maximum atomic E-state index is 13.2. The van der Waals surface area contributed by atoms with E-state index in [1.165, 1.54) is 16.8 Å². The standard InChI is InChI=1S/C20H28FN7O.HI/c1-3-24-20(26-12-5-13-29-2)25-11-4-6-18-17(14-22)19(23)28(27-18)16-9-7-15(21)8-10-16;/h7-10H,3-6,11-13,23H2,1-2H3,(H2,24,25,26);1H. The zero-order chi connectivity index (χ0) is 21.1. The molecule has 2 rings (SSSR count). The van der Waals surface area contributed by atoms with Crippen molar-refractivity contribution in [2.24, 2.45) is 4.99 Å². The van der Waals surface area contributed by atoms with Gasteiger partial charge < -0.3 is 21.1 Å². The van der Waals surface area contributed by atoms with Gasteiger partial charge in [0.05, 0.1) is 11.4 Å². The summed E-state index contributed by atoms with van der Waals surface area (Å²) in [5.41, 5.74) is 7.66. The lowest BCUT2D eigenvalue weighted by molar-refractivity contribution is 0.195. The molecular formula is C20H29FIN7O. The summed E-state index contributed by atoms with van der Waals surface area (Å²) in [6.07, 6.45) is 2.17. The van der Waals surface area contributed by atoms with E-state index in [-0.39, 0.29) is 35.6 Å². The summed E-state index contributed by atoms with van der Waals surface area (Å²) in [6, 6.07) is 7.94. The van der Waals surface area contributed by atoms with Gasteiger partial charge in [-0.3, -0.25) is 4.99 Å². The number of guanidine groups is 1. The Labute approximate surface area is 193 Å². The molecule has 0 spiro atoms. The van der Waals surface area contributed by atoms with Crippen LogP contribution < -0.4 is 16.4 Å². The van der Waals surface area contributed by atoms with Crippen molar-refractivity contribution in [1.29, 1.82) is 5.26 Å². The number of benzene rings is 1.